The van der Waals surface area contributed by atoms with E-state index in [1.807, 2.05) is 12.1 Å². The van der Waals surface area contributed by atoms with Gasteiger partial charge in [0.05, 0.1) is 4.47 Å². The van der Waals surface area contributed by atoms with E-state index < -0.39 is 0 Å². The van der Waals surface area contributed by atoms with Crippen LogP contribution >= 0.6 is 15.9 Å². The number of nitrogens with zero attached hydrogens (tertiary/aromatic N) is 1. The fraction of sp³-hybridized carbons (Fsp3) is 0.583. The second-order valence-corrected chi connectivity index (χ2v) is 5.32. The van der Waals surface area contributed by atoms with Crippen molar-refractivity contribution in [3.8, 4) is 5.88 Å². The third kappa shape index (κ3) is 5.48. The Kier molecular flexibility index (Phi) is 5.88. The number of hydrogen-bond donors (Lipinski definition) is 2. The number of halogens is 1. The normalized spacial score (nSPS) is 11.5. The minimum Gasteiger partial charge on any atom is -0.475 e. The summed E-state index contributed by atoms with van der Waals surface area (Å²) in [5.41, 5.74) is -0.147. The maximum absolute atomic E-state index is 8.72. The van der Waals surface area contributed by atoms with Gasteiger partial charge in [-0.3, -0.25) is 0 Å². The van der Waals surface area contributed by atoms with Crippen LogP contribution in [0.1, 0.15) is 20.3 Å². The molecule has 0 aliphatic rings. The Morgan fingerprint density at radius 3 is 2.94 bits per heavy atom. The number of aliphatic hydroxyl groups excluding tert-OH is 1. The second kappa shape index (κ2) is 6.93. The molecule has 0 aromatic carbocycles. The Bertz CT molecular complexity index is 345. The predicted molar refractivity (Wildman–Crippen MR) is 71.2 cm³/mol. The molecule has 1 aromatic rings. The number of aromatic nitrogens is 1. The molecule has 0 saturated heterocycles. The van der Waals surface area contributed by atoms with Gasteiger partial charge in [0.1, 0.15) is 6.61 Å². The summed E-state index contributed by atoms with van der Waals surface area (Å²) in [6.45, 7) is 5.61. The summed E-state index contributed by atoms with van der Waals surface area (Å²) in [7, 11) is 0. The maximum atomic E-state index is 8.72. The largest absolute Gasteiger partial charge is 0.475 e. The van der Waals surface area contributed by atoms with Gasteiger partial charge < -0.3 is 15.2 Å². The first-order valence-corrected chi connectivity index (χ1v) is 6.44. The van der Waals surface area contributed by atoms with E-state index in [2.05, 4.69) is 40.1 Å². The molecule has 5 heteroatoms. The molecular weight excluding hydrogens is 284 g/mol. The highest BCUT2D eigenvalue weighted by Gasteiger charge is 2.18. The van der Waals surface area contributed by atoms with Crippen LogP contribution in [-0.4, -0.2) is 35.4 Å². The van der Waals surface area contributed by atoms with E-state index in [4.69, 9.17) is 9.84 Å². The Hall–Kier alpha value is -0.650. The molecule has 0 saturated carbocycles. The van der Waals surface area contributed by atoms with Crippen molar-refractivity contribution in [1.82, 2.24) is 10.3 Å². The number of aliphatic hydroxyl groups is 1. The third-order valence-corrected chi connectivity index (χ3v) is 2.84. The summed E-state index contributed by atoms with van der Waals surface area (Å²) in [6.07, 6.45) is 2.45. The smallest absolute Gasteiger partial charge is 0.227 e. The first kappa shape index (κ1) is 14.4. The molecule has 0 unspecified atom stereocenters. The molecule has 0 amide bonds. The van der Waals surface area contributed by atoms with E-state index in [0.29, 0.717) is 12.5 Å². The molecule has 17 heavy (non-hydrogen) atoms. The van der Waals surface area contributed by atoms with Gasteiger partial charge in [-0.15, -0.1) is 0 Å². The van der Waals surface area contributed by atoms with Gasteiger partial charge in [0.2, 0.25) is 5.88 Å². The molecule has 0 fully saturated rings. The maximum Gasteiger partial charge on any atom is 0.227 e. The summed E-state index contributed by atoms with van der Waals surface area (Å²) < 4.78 is 6.50. The molecule has 0 bridgehead atoms. The van der Waals surface area contributed by atoms with E-state index in [0.717, 1.165) is 17.4 Å². The third-order valence-electron chi connectivity index (χ3n) is 2.23. The molecule has 1 heterocycles. The van der Waals surface area contributed by atoms with E-state index in [1.54, 1.807) is 6.20 Å². The lowest BCUT2D eigenvalue weighted by Crippen LogP contribution is -2.45. The van der Waals surface area contributed by atoms with E-state index in [9.17, 15) is 0 Å². The lowest BCUT2D eigenvalue weighted by atomic mass is 10.1. The summed E-state index contributed by atoms with van der Waals surface area (Å²) in [6, 6.07) is 3.75. The van der Waals surface area contributed by atoms with Crippen LogP contribution in [0.25, 0.3) is 0 Å². The lowest BCUT2D eigenvalue weighted by molar-refractivity contribution is 0.195. The summed E-state index contributed by atoms with van der Waals surface area (Å²) in [5, 5.41) is 12.0. The minimum absolute atomic E-state index is 0.147. The molecular formula is C12H19BrN2O2. The topological polar surface area (TPSA) is 54.4 Å². The van der Waals surface area contributed by atoms with Crippen LogP contribution in [0.4, 0.5) is 0 Å². The Morgan fingerprint density at radius 2 is 2.29 bits per heavy atom. The Balaban J connectivity index is 2.41. The van der Waals surface area contributed by atoms with Crippen LogP contribution in [0, 0.1) is 0 Å². The number of hydrogen-bond acceptors (Lipinski definition) is 4. The van der Waals surface area contributed by atoms with Gasteiger partial charge in [0.25, 0.3) is 0 Å². The van der Waals surface area contributed by atoms with E-state index in [1.165, 1.54) is 0 Å². The molecule has 1 rings (SSSR count). The molecule has 96 valence electrons. The average molecular weight is 303 g/mol. The van der Waals surface area contributed by atoms with E-state index >= 15 is 0 Å². The van der Waals surface area contributed by atoms with Gasteiger partial charge >= 0.3 is 0 Å². The Labute approximate surface area is 111 Å². The SMILES string of the molecule is CC(C)(COc1ncccc1Br)NCCCO. The molecule has 0 spiro atoms. The van der Waals surface area contributed by atoms with Crippen molar-refractivity contribution in [2.75, 3.05) is 19.8 Å². The zero-order chi connectivity index (χ0) is 12.7. The van der Waals surface area contributed by atoms with Gasteiger partial charge in [-0.1, -0.05) is 0 Å². The quantitative estimate of drug-likeness (QED) is 0.756. The highest BCUT2D eigenvalue weighted by Crippen LogP contribution is 2.21. The fourth-order valence-electron chi connectivity index (χ4n) is 1.28. The van der Waals surface area contributed by atoms with E-state index in [-0.39, 0.29) is 12.1 Å². The van der Waals surface area contributed by atoms with Crippen LogP contribution in [0.2, 0.25) is 0 Å². The van der Waals surface area contributed by atoms with Crippen molar-refractivity contribution >= 4 is 15.9 Å². The van der Waals surface area contributed by atoms with Crippen molar-refractivity contribution < 1.29 is 9.84 Å². The Morgan fingerprint density at radius 1 is 1.53 bits per heavy atom. The van der Waals surface area contributed by atoms with Crippen LogP contribution < -0.4 is 10.1 Å². The lowest BCUT2D eigenvalue weighted by Gasteiger charge is -2.26. The first-order chi connectivity index (χ1) is 8.05. The molecule has 2 N–H and O–H groups in total. The predicted octanol–water partition coefficient (Wildman–Crippen LogP) is 1.97. The fourth-order valence-corrected chi connectivity index (χ4v) is 1.65. The van der Waals surface area contributed by atoms with Crippen molar-refractivity contribution in [2.45, 2.75) is 25.8 Å². The van der Waals surface area contributed by atoms with Crippen molar-refractivity contribution in [1.29, 1.82) is 0 Å². The molecule has 0 aliphatic carbocycles. The van der Waals surface area contributed by atoms with Crippen molar-refractivity contribution in [3.05, 3.63) is 22.8 Å². The summed E-state index contributed by atoms with van der Waals surface area (Å²) in [5.74, 6) is 0.601. The average Bonchev–Trinajstić information content (AvgIpc) is 2.28. The molecule has 1 aromatic heterocycles. The van der Waals surface area contributed by atoms with Gasteiger partial charge in [-0.2, -0.15) is 0 Å². The van der Waals surface area contributed by atoms with Gasteiger partial charge in [-0.05, 0) is 54.9 Å². The minimum atomic E-state index is -0.147. The second-order valence-electron chi connectivity index (χ2n) is 4.47. The van der Waals surface area contributed by atoms with Crippen LogP contribution in [0.15, 0.2) is 22.8 Å². The highest BCUT2D eigenvalue weighted by molar-refractivity contribution is 9.10. The molecule has 4 nitrogen and oxygen atoms in total. The van der Waals surface area contributed by atoms with Crippen molar-refractivity contribution in [3.63, 3.8) is 0 Å². The van der Waals surface area contributed by atoms with Crippen LogP contribution in [0.3, 0.4) is 0 Å². The van der Waals surface area contributed by atoms with Crippen LogP contribution in [0.5, 0.6) is 5.88 Å². The van der Waals surface area contributed by atoms with Crippen molar-refractivity contribution in [2.24, 2.45) is 0 Å². The van der Waals surface area contributed by atoms with Gasteiger partial charge in [0, 0.05) is 18.3 Å². The summed E-state index contributed by atoms with van der Waals surface area (Å²) in [4.78, 5) is 4.14. The zero-order valence-corrected chi connectivity index (χ0v) is 11.8. The number of rotatable bonds is 7. The standard InChI is InChI=1S/C12H19BrN2O2/c1-12(2,15-7-4-8-16)9-17-11-10(13)5-3-6-14-11/h3,5-6,15-16H,4,7-9H2,1-2H3. The van der Waals surface area contributed by atoms with Gasteiger partial charge in [0.15, 0.2) is 0 Å². The summed E-state index contributed by atoms with van der Waals surface area (Å²) >= 11 is 3.39. The monoisotopic (exact) mass is 302 g/mol. The first-order valence-electron chi connectivity index (χ1n) is 5.64. The molecule has 0 atom stereocenters. The molecule has 0 radical (unpaired) electrons. The number of ether oxygens (including phenoxy) is 1. The molecule has 0 aliphatic heterocycles. The number of pyridine rings is 1. The number of nitrogens with one attached hydrogen (secondary N) is 1. The highest BCUT2D eigenvalue weighted by atomic mass is 79.9. The van der Waals surface area contributed by atoms with Crippen LogP contribution in [-0.2, 0) is 0 Å². The van der Waals surface area contributed by atoms with Gasteiger partial charge in [-0.25, -0.2) is 4.98 Å². The zero-order valence-electron chi connectivity index (χ0n) is 10.2.